The lowest BCUT2D eigenvalue weighted by molar-refractivity contribution is 0.503. The van der Waals surface area contributed by atoms with E-state index in [-0.39, 0.29) is 0 Å². The van der Waals surface area contributed by atoms with Gasteiger partial charge in [-0.05, 0) is 30.4 Å². The maximum absolute atomic E-state index is 4.02. The van der Waals surface area contributed by atoms with Crippen molar-refractivity contribution in [2.45, 2.75) is 77.6 Å². The van der Waals surface area contributed by atoms with Crippen molar-refractivity contribution < 1.29 is 0 Å². The van der Waals surface area contributed by atoms with Gasteiger partial charge in [-0.15, -0.1) is 0 Å². The Hall–Kier alpha value is -0.920. The van der Waals surface area contributed by atoms with Gasteiger partial charge in [-0.1, -0.05) is 58.8 Å². The van der Waals surface area contributed by atoms with E-state index in [1.807, 2.05) is 12.4 Å². The van der Waals surface area contributed by atoms with Crippen LogP contribution in [0.15, 0.2) is 18.5 Å². The van der Waals surface area contributed by atoms with Crippen LogP contribution in [0.2, 0.25) is 0 Å². The molecule has 1 atom stereocenters. The third-order valence-corrected chi connectivity index (χ3v) is 3.64. The largest absolute Gasteiger partial charge is 0.159 e. The van der Waals surface area contributed by atoms with Crippen molar-refractivity contribution in [3.8, 4) is 0 Å². The summed E-state index contributed by atoms with van der Waals surface area (Å²) in [6, 6.07) is 2.14. The second-order valence-electron chi connectivity index (χ2n) is 5.22. The molecule has 1 rings (SSSR count). The molecule has 18 heavy (non-hydrogen) atoms. The smallest absolute Gasteiger partial charge is 0.0531 e. The molecule has 1 aromatic heterocycles. The molecule has 0 aromatic carbocycles. The third-order valence-electron chi connectivity index (χ3n) is 3.64. The normalized spacial score (nSPS) is 12.6. The molecule has 0 aliphatic rings. The summed E-state index contributed by atoms with van der Waals surface area (Å²) in [5.74, 6) is 0.696. The summed E-state index contributed by atoms with van der Waals surface area (Å²) in [4.78, 5) is 0. The van der Waals surface area contributed by atoms with Crippen molar-refractivity contribution in [3.05, 3.63) is 24.0 Å². The molecule has 2 heteroatoms. The predicted octanol–water partition coefficient (Wildman–Crippen LogP) is 5.11. The van der Waals surface area contributed by atoms with Gasteiger partial charge in [0, 0.05) is 6.20 Å². The van der Waals surface area contributed by atoms with Crippen molar-refractivity contribution in [1.29, 1.82) is 0 Å². The van der Waals surface area contributed by atoms with E-state index in [0.717, 1.165) is 0 Å². The predicted molar refractivity (Wildman–Crippen MR) is 77.7 cm³/mol. The minimum absolute atomic E-state index is 0.696. The van der Waals surface area contributed by atoms with Crippen molar-refractivity contribution in [3.63, 3.8) is 0 Å². The highest BCUT2D eigenvalue weighted by Crippen LogP contribution is 2.27. The average molecular weight is 248 g/mol. The van der Waals surface area contributed by atoms with Crippen LogP contribution < -0.4 is 0 Å². The number of hydrogen-bond donors (Lipinski definition) is 0. The van der Waals surface area contributed by atoms with Gasteiger partial charge < -0.3 is 0 Å². The highest BCUT2D eigenvalue weighted by atomic mass is 15.1. The molecular weight excluding hydrogens is 220 g/mol. The van der Waals surface area contributed by atoms with Crippen molar-refractivity contribution in [1.82, 2.24) is 10.2 Å². The first-order valence-electron chi connectivity index (χ1n) is 7.65. The van der Waals surface area contributed by atoms with Crippen LogP contribution in [0.1, 0.15) is 83.1 Å². The monoisotopic (exact) mass is 248 g/mol. The number of nitrogens with zero attached hydrogens (tertiary/aromatic N) is 2. The Morgan fingerprint density at radius 2 is 1.61 bits per heavy atom. The first-order valence-corrected chi connectivity index (χ1v) is 7.65. The average Bonchev–Trinajstić information content (AvgIpc) is 2.43. The second kappa shape index (κ2) is 10.0. The van der Waals surface area contributed by atoms with Crippen LogP contribution >= 0.6 is 0 Å². The maximum Gasteiger partial charge on any atom is 0.0531 e. The second-order valence-corrected chi connectivity index (χ2v) is 5.22. The zero-order valence-corrected chi connectivity index (χ0v) is 12.1. The number of aromatic nitrogens is 2. The minimum Gasteiger partial charge on any atom is -0.159 e. The van der Waals surface area contributed by atoms with Crippen molar-refractivity contribution in [2.24, 2.45) is 0 Å². The molecule has 1 heterocycles. The fourth-order valence-electron chi connectivity index (χ4n) is 2.46. The summed E-state index contributed by atoms with van der Waals surface area (Å²) >= 11 is 0. The topological polar surface area (TPSA) is 25.8 Å². The Kier molecular flexibility index (Phi) is 8.45. The van der Waals surface area contributed by atoms with E-state index in [1.54, 1.807) is 0 Å². The molecule has 2 nitrogen and oxygen atoms in total. The van der Waals surface area contributed by atoms with Gasteiger partial charge >= 0.3 is 0 Å². The van der Waals surface area contributed by atoms with Crippen LogP contribution in [0, 0.1) is 0 Å². The van der Waals surface area contributed by atoms with Crippen molar-refractivity contribution >= 4 is 0 Å². The van der Waals surface area contributed by atoms with Crippen molar-refractivity contribution in [2.75, 3.05) is 0 Å². The van der Waals surface area contributed by atoms with E-state index in [1.165, 1.54) is 63.4 Å². The molecule has 0 spiro atoms. The highest BCUT2D eigenvalue weighted by Gasteiger charge is 2.10. The van der Waals surface area contributed by atoms with Gasteiger partial charge in [0.15, 0.2) is 0 Å². The summed E-state index contributed by atoms with van der Waals surface area (Å²) in [5.41, 5.74) is 1.38. The maximum atomic E-state index is 4.02. The highest BCUT2D eigenvalue weighted by molar-refractivity contribution is 5.12. The Morgan fingerprint density at radius 1 is 0.889 bits per heavy atom. The van der Waals surface area contributed by atoms with Gasteiger partial charge in [-0.2, -0.15) is 10.2 Å². The fourth-order valence-corrected chi connectivity index (χ4v) is 2.46. The molecule has 0 bridgehead atoms. The molecule has 0 aliphatic heterocycles. The lowest BCUT2D eigenvalue weighted by Crippen LogP contribution is -2.00. The quantitative estimate of drug-likeness (QED) is 0.538. The number of unbranched alkanes of at least 4 members (excludes halogenated alkanes) is 5. The Labute approximate surface area is 112 Å². The van der Waals surface area contributed by atoms with E-state index < -0.39 is 0 Å². The van der Waals surface area contributed by atoms with Crippen LogP contribution in [-0.4, -0.2) is 10.2 Å². The van der Waals surface area contributed by atoms with E-state index in [0.29, 0.717) is 5.92 Å². The van der Waals surface area contributed by atoms with E-state index >= 15 is 0 Å². The van der Waals surface area contributed by atoms with Crippen LogP contribution in [0.25, 0.3) is 0 Å². The molecule has 0 saturated heterocycles. The van der Waals surface area contributed by atoms with Gasteiger partial charge in [0.25, 0.3) is 0 Å². The lowest BCUT2D eigenvalue weighted by Gasteiger charge is -2.16. The zero-order chi connectivity index (χ0) is 13.1. The molecule has 1 aromatic rings. The van der Waals surface area contributed by atoms with E-state index in [2.05, 4.69) is 30.1 Å². The Morgan fingerprint density at radius 3 is 2.28 bits per heavy atom. The van der Waals surface area contributed by atoms with Gasteiger partial charge in [0.05, 0.1) is 6.20 Å². The van der Waals surface area contributed by atoms with Gasteiger partial charge in [0.1, 0.15) is 0 Å². The molecule has 0 amide bonds. The first kappa shape index (κ1) is 15.1. The van der Waals surface area contributed by atoms with Gasteiger partial charge in [0.2, 0.25) is 0 Å². The summed E-state index contributed by atoms with van der Waals surface area (Å²) < 4.78 is 0. The molecule has 1 unspecified atom stereocenters. The molecule has 0 N–H and O–H groups in total. The van der Waals surface area contributed by atoms with Crippen LogP contribution in [0.5, 0.6) is 0 Å². The zero-order valence-electron chi connectivity index (χ0n) is 12.1. The summed E-state index contributed by atoms with van der Waals surface area (Å²) in [6.45, 7) is 4.54. The SMILES string of the molecule is CCCCCCCC(CCCC)c1ccnnc1. The van der Waals surface area contributed by atoms with Crippen LogP contribution in [0.4, 0.5) is 0 Å². The molecule has 0 fully saturated rings. The first-order chi connectivity index (χ1) is 8.88. The minimum atomic E-state index is 0.696. The van der Waals surface area contributed by atoms with E-state index in [4.69, 9.17) is 0 Å². The molecule has 0 radical (unpaired) electrons. The van der Waals surface area contributed by atoms with Gasteiger partial charge in [-0.3, -0.25) is 0 Å². The Bertz CT molecular complexity index is 284. The van der Waals surface area contributed by atoms with E-state index in [9.17, 15) is 0 Å². The van der Waals surface area contributed by atoms with Gasteiger partial charge in [-0.25, -0.2) is 0 Å². The standard InChI is InChI=1S/C16H28N2/c1-3-5-7-8-9-11-15(10-6-4-2)16-12-13-17-18-14-16/h12-15H,3-11H2,1-2H3. The summed E-state index contributed by atoms with van der Waals surface area (Å²) in [5, 5.41) is 7.90. The van der Waals surface area contributed by atoms with Crippen LogP contribution in [-0.2, 0) is 0 Å². The molecule has 0 saturated carbocycles. The fraction of sp³-hybridized carbons (Fsp3) is 0.750. The Balaban J connectivity index is 2.36. The summed E-state index contributed by atoms with van der Waals surface area (Å²) in [6.07, 6.45) is 15.8. The molecular formula is C16H28N2. The lowest BCUT2D eigenvalue weighted by atomic mass is 9.90. The van der Waals surface area contributed by atoms with Crippen LogP contribution in [0.3, 0.4) is 0 Å². The third kappa shape index (κ3) is 6.13. The number of hydrogen-bond acceptors (Lipinski definition) is 2. The summed E-state index contributed by atoms with van der Waals surface area (Å²) in [7, 11) is 0. The number of rotatable bonds is 10. The molecule has 0 aliphatic carbocycles. The molecule has 102 valence electrons.